The van der Waals surface area contributed by atoms with Crippen molar-refractivity contribution in [1.82, 2.24) is 0 Å². The third kappa shape index (κ3) is 2.09. The zero-order chi connectivity index (χ0) is 8.48. The molecule has 0 amide bonds. The summed E-state index contributed by atoms with van der Waals surface area (Å²) < 4.78 is 0. The molecule has 1 saturated carbocycles. The van der Waals surface area contributed by atoms with Crippen molar-refractivity contribution in [2.45, 2.75) is 38.7 Å². The lowest BCUT2D eigenvalue weighted by Crippen LogP contribution is -2.13. The van der Waals surface area contributed by atoms with Gasteiger partial charge in [-0.15, -0.1) is 11.6 Å². The summed E-state index contributed by atoms with van der Waals surface area (Å²) in [4.78, 5) is 0. The molecule has 0 radical (unpaired) electrons. The van der Waals surface area contributed by atoms with Crippen molar-refractivity contribution in [3.63, 3.8) is 0 Å². The van der Waals surface area contributed by atoms with E-state index in [2.05, 4.69) is 13.8 Å². The van der Waals surface area contributed by atoms with Gasteiger partial charge >= 0.3 is 0 Å². The lowest BCUT2D eigenvalue weighted by Gasteiger charge is -2.10. The van der Waals surface area contributed by atoms with E-state index in [-0.39, 0.29) is 5.60 Å². The van der Waals surface area contributed by atoms with E-state index in [9.17, 15) is 5.11 Å². The average Bonchev–Trinajstić information content (AvgIpc) is 2.60. The largest absolute Gasteiger partial charge is 0.390 e. The quantitative estimate of drug-likeness (QED) is 0.653. The molecule has 0 aromatic heterocycles. The Bertz CT molecular complexity index is 136. The zero-order valence-corrected chi connectivity index (χ0v) is 8.06. The van der Waals surface area contributed by atoms with Gasteiger partial charge in [-0.25, -0.2) is 0 Å². The Morgan fingerprint density at radius 2 is 2.27 bits per heavy atom. The Kier molecular flexibility index (Phi) is 2.82. The van der Waals surface area contributed by atoms with Gasteiger partial charge in [-0.1, -0.05) is 13.8 Å². The first-order valence-electron chi connectivity index (χ1n) is 4.38. The van der Waals surface area contributed by atoms with Gasteiger partial charge in [0.1, 0.15) is 0 Å². The molecular formula is C9H17ClO. The summed E-state index contributed by atoms with van der Waals surface area (Å²) in [5.74, 6) is 1.83. The van der Waals surface area contributed by atoms with Gasteiger partial charge in [0.15, 0.2) is 0 Å². The molecule has 1 nitrogen and oxygen atoms in total. The molecule has 66 valence electrons. The minimum atomic E-state index is -0.344. The van der Waals surface area contributed by atoms with Crippen LogP contribution >= 0.6 is 11.6 Å². The summed E-state index contributed by atoms with van der Waals surface area (Å²) in [5.41, 5.74) is -0.344. The molecule has 0 bridgehead atoms. The van der Waals surface area contributed by atoms with Gasteiger partial charge in [0.2, 0.25) is 0 Å². The number of rotatable bonds is 4. The van der Waals surface area contributed by atoms with Crippen molar-refractivity contribution >= 4 is 11.6 Å². The highest BCUT2D eigenvalue weighted by atomic mass is 35.5. The highest BCUT2D eigenvalue weighted by Crippen LogP contribution is 2.51. The average molecular weight is 177 g/mol. The van der Waals surface area contributed by atoms with E-state index < -0.39 is 0 Å². The van der Waals surface area contributed by atoms with Gasteiger partial charge < -0.3 is 5.11 Å². The van der Waals surface area contributed by atoms with E-state index >= 15 is 0 Å². The van der Waals surface area contributed by atoms with Crippen molar-refractivity contribution in [1.29, 1.82) is 0 Å². The highest BCUT2D eigenvalue weighted by molar-refractivity contribution is 6.17. The van der Waals surface area contributed by atoms with E-state index in [1.807, 2.05) is 0 Å². The van der Waals surface area contributed by atoms with Crippen LogP contribution in [0.25, 0.3) is 0 Å². The summed E-state index contributed by atoms with van der Waals surface area (Å²) in [6.07, 6.45) is 2.82. The molecule has 2 atom stereocenters. The van der Waals surface area contributed by atoms with Crippen LogP contribution in [0.2, 0.25) is 0 Å². The summed E-state index contributed by atoms with van der Waals surface area (Å²) in [6, 6.07) is 0. The van der Waals surface area contributed by atoms with Gasteiger partial charge in [-0.05, 0) is 31.1 Å². The lowest BCUT2D eigenvalue weighted by atomic mass is 10.0. The standard InChI is InChI=1S/C9H17ClO/c1-7(2)8-6-9(8,11)4-3-5-10/h7-8,11H,3-6H2,1-2H3/t8-,9+/m1/s1. The molecule has 1 N–H and O–H groups in total. The second-order valence-electron chi connectivity index (χ2n) is 3.95. The van der Waals surface area contributed by atoms with E-state index in [1.54, 1.807) is 0 Å². The van der Waals surface area contributed by atoms with Crippen LogP contribution in [0.4, 0.5) is 0 Å². The topological polar surface area (TPSA) is 20.2 Å². The molecule has 1 aliphatic carbocycles. The maximum Gasteiger partial charge on any atom is 0.0683 e. The molecule has 0 spiro atoms. The maximum absolute atomic E-state index is 9.83. The molecule has 0 aromatic rings. The second kappa shape index (κ2) is 3.32. The first kappa shape index (κ1) is 9.34. The van der Waals surface area contributed by atoms with Crippen LogP contribution < -0.4 is 0 Å². The third-order valence-corrected chi connectivity index (χ3v) is 2.92. The number of alkyl halides is 1. The minimum Gasteiger partial charge on any atom is -0.390 e. The van der Waals surface area contributed by atoms with Crippen LogP contribution in [0.3, 0.4) is 0 Å². The number of hydrogen-bond acceptors (Lipinski definition) is 1. The van der Waals surface area contributed by atoms with Crippen LogP contribution in [-0.2, 0) is 0 Å². The molecule has 2 heteroatoms. The van der Waals surface area contributed by atoms with Crippen LogP contribution in [0.15, 0.2) is 0 Å². The molecule has 11 heavy (non-hydrogen) atoms. The molecule has 0 saturated heterocycles. The van der Waals surface area contributed by atoms with E-state index in [4.69, 9.17) is 11.6 Å². The molecule has 0 aliphatic heterocycles. The molecular weight excluding hydrogens is 160 g/mol. The lowest BCUT2D eigenvalue weighted by molar-refractivity contribution is 0.111. The van der Waals surface area contributed by atoms with Crippen molar-refractivity contribution < 1.29 is 5.11 Å². The van der Waals surface area contributed by atoms with Crippen LogP contribution in [0, 0.1) is 11.8 Å². The van der Waals surface area contributed by atoms with Crippen molar-refractivity contribution in [2.24, 2.45) is 11.8 Å². The Labute approximate surface area is 73.8 Å². The van der Waals surface area contributed by atoms with Gasteiger partial charge in [0.05, 0.1) is 5.60 Å². The zero-order valence-electron chi connectivity index (χ0n) is 7.31. The summed E-state index contributed by atoms with van der Waals surface area (Å²) >= 11 is 5.55. The van der Waals surface area contributed by atoms with E-state index in [1.165, 1.54) is 0 Å². The molecule has 1 aliphatic rings. The Morgan fingerprint density at radius 1 is 1.64 bits per heavy atom. The number of halogens is 1. The summed E-state index contributed by atoms with van der Waals surface area (Å²) in [7, 11) is 0. The molecule has 0 aromatic carbocycles. The van der Waals surface area contributed by atoms with Crippen LogP contribution in [0.5, 0.6) is 0 Å². The molecule has 1 fully saturated rings. The second-order valence-corrected chi connectivity index (χ2v) is 4.33. The van der Waals surface area contributed by atoms with E-state index in [0.29, 0.717) is 17.7 Å². The predicted molar refractivity (Wildman–Crippen MR) is 47.8 cm³/mol. The maximum atomic E-state index is 9.83. The van der Waals surface area contributed by atoms with Crippen molar-refractivity contribution in [3.8, 4) is 0 Å². The SMILES string of the molecule is CC(C)[C@H]1C[C@@]1(O)CCCCl. The fourth-order valence-corrected chi connectivity index (χ4v) is 1.97. The first-order chi connectivity index (χ1) is 5.10. The predicted octanol–water partition coefficient (Wildman–Crippen LogP) is 2.41. The molecule has 0 unspecified atom stereocenters. The molecule has 1 rings (SSSR count). The molecule has 0 heterocycles. The monoisotopic (exact) mass is 176 g/mol. The third-order valence-electron chi connectivity index (χ3n) is 2.65. The van der Waals surface area contributed by atoms with Crippen molar-refractivity contribution in [3.05, 3.63) is 0 Å². The normalized spacial score (nSPS) is 36.3. The first-order valence-corrected chi connectivity index (χ1v) is 4.92. The van der Waals surface area contributed by atoms with Gasteiger partial charge in [-0.3, -0.25) is 0 Å². The van der Waals surface area contributed by atoms with Crippen molar-refractivity contribution in [2.75, 3.05) is 5.88 Å². The summed E-state index contributed by atoms with van der Waals surface area (Å²) in [6.45, 7) is 4.34. The Balaban J connectivity index is 2.25. The Hall–Kier alpha value is 0.250. The summed E-state index contributed by atoms with van der Waals surface area (Å²) in [5, 5.41) is 9.83. The van der Waals surface area contributed by atoms with Gasteiger partial charge in [0, 0.05) is 5.88 Å². The van der Waals surface area contributed by atoms with Gasteiger partial charge in [-0.2, -0.15) is 0 Å². The van der Waals surface area contributed by atoms with Crippen LogP contribution in [-0.4, -0.2) is 16.6 Å². The number of aliphatic hydroxyl groups is 1. The fraction of sp³-hybridized carbons (Fsp3) is 1.00. The van der Waals surface area contributed by atoms with E-state index in [0.717, 1.165) is 19.3 Å². The van der Waals surface area contributed by atoms with Gasteiger partial charge in [0.25, 0.3) is 0 Å². The van der Waals surface area contributed by atoms with Crippen LogP contribution in [0.1, 0.15) is 33.1 Å². The minimum absolute atomic E-state index is 0.344. The fourth-order valence-electron chi connectivity index (χ4n) is 1.84. The Morgan fingerprint density at radius 3 is 2.64 bits per heavy atom. The number of hydrogen-bond donors (Lipinski definition) is 1. The smallest absolute Gasteiger partial charge is 0.0683 e. The highest BCUT2D eigenvalue weighted by Gasteiger charge is 2.53.